The second-order valence-electron chi connectivity index (χ2n) is 2.75. The molecule has 1 unspecified atom stereocenters. The van der Waals surface area contributed by atoms with E-state index in [1.807, 2.05) is 0 Å². The highest BCUT2D eigenvalue weighted by atomic mass is 14.4. The molecule has 0 aromatic heterocycles. The monoisotopic (exact) mass is 102 g/mol. The van der Waals surface area contributed by atoms with Crippen LogP contribution in [-0.2, 0) is 0 Å². The summed E-state index contributed by atoms with van der Waals surface area (Å²) in [7, 11) is 0. The van der Waals surface area contributed by atoms with Gasteiger partial charge in [-0.25, -0.2) is 0 Å². The van der Waals surface area contributed by atoms with Crippen molar-refractivity contribution in [3.8, 4) is 0 Å². The summed E-state index contributed by atoms with van der Waals surface area (Å²) in [6.45, 7) is 0. The molecule has 0 saturated heterocycles. The fourth-order valence-electron chi connectivity index (χ4n) is 1.81. The van der Waals surface area contributed by atoms with E-state index in [0.717, 1.165) is 5.92 Å². The van der Waals surface area contributed by atoms with E-state index in [1.165, 1.54) is 12.0 Å². The first-order valence-corrected chi connectivity index (χ1v) is 3.08. The van der Waals surface area contributed by atoms with E-state index >= 15 is 0 Å². The van der Waals surface area contributed by atoms with Crippen molar-refractivity contribution in [2.45, 2.75) is 6.42 Å². The largest absolute Gasteiger partial charge is 0.0694 e. The highest BCUT2D eigenvalue weighted by molar-refractivity contribution is 5.65. The van der Waals surface area contributed by atoms with E-state index in [9.17, 15) is 0 Å². The van der Waals surface area contributed by atoms with Crippen LogP contribution in [0.15, 0.2) is 34.9 Å². The summed E-state index contributed by atoms with van der Waals surface area (Å²) in [5.41, 5.74) is 4.68. The van der Waals surface area contributed by atoms with Gasteiger partial charge in [-0.3, -0.25) is 0 Å². The van der Waals surface area contributed by atoms with Gasteiger partial charge in [0.15, 0.2) is 0 Å². The van der Waals surface area contributed by atoms with Crippen molar-refractivity contribution in [1.29, 1.82) is 0 Å². The summed E-state index contributed by atoms with van der Waals surface area (Å²) in [4.78, 5) is 0. The van der Waals surface area contributed by atoms with Gasteiger partial charge in [0.1, 0.15) is 0 Å². The molecule has 0 aliphatic heterocycles. The third kappa shape index (κ3) is 0.172. The molecular formula is C8H6. The molecule has 1 atom stereocenters. The molecule has 8 heavy (non-hydrogen) atoms. The van der Waals surface area contributed by atoms with E-state index in [2.05, 4.69) is 18.2 Å². The summed E-state index contributed by atoms with van der Waals surface area (Å²) in [5, 5.41) is 0. The first-order valence-electron chi connectivity index (χ1n) is 3.08. The van der Waals surface area contributed by atoms with Gasteiger partial charge in [0.25, 0.3) is 0 Å². The van der Waals surface area contributed by atoms with Crippen molar-refractivity contribution in [3.05, 3.63) is 34.9 Å². The minimum absolute atomic E-state index is 0.852. The van der Waals surface area contributed by atoms with Gasteiger partial charge in [-0.1, -0.05) is 18.2 Å². The Hall–Kier alpha value is -0.780. The van der Waals surface area contributed by atoms with Crippen LogP contribution in [0, 0.1) is 5.92 Å². The maximum absolute atomic E-state index is 2.36. The summed E-state index contributed by atoms with van der Waals surface area (Å²) in [5.74, 6) is 0.852. The van der Waals surface area contributed by atoms with Crippen molar-refractivity contribution in [3.63, 3.8) is 0 Å². The molecule has 0 heteroatoms. The quantitative estimate of drug-likeness (QED) is 0.437. The predicted molar refractivity (Wildman–Crippen MR) is 32.4 cm³/mol. The second-order valence-corrected chi connectivity index (χ2v) is 2.75. The molecule has 1 fully saturated rings. The molecule has 0 aromatic rings. The highest BCUT2D eigenvalue weighted by Gasteiger charge is 2.35. The Labute approximate surface area is 48.2 Å². The first kappa shape index (κ1) is 3.29. The molecule has 3 rings (SSSR count). The number of allylic oxidation sites excluding steroid dienone is 6. The van der Waals surface area contributed by atoms with Crippen LogP contribution < -0.4 is 0 Å². The molecule has 2 bridgehead atoms. The molecule has 3 aliphatic carbocycles. The minimum atomic E-state index is 0.852. The minimum Gasteiger partial charge on any atom is -0.0694 e. The van der Waals surface area contributed by atoms with Crippen molar-refractivity contribution in [2.24, 2.45) is 5.92 Å². The Bertz CT molecular complexity index is 237. The smallest absolute Gasteiger partial charge is 0.00704 e. The van der Waals surface area contributed by atoms with E-state index in [-0.39, 0.29) is 0 Å². The van der Waals surface area contributed by atoms with Gasteiger partial charge in [-0.15, -0.1) is 0 Å². The van der Waals surface area contributed by atoms with Gasteiger partial charge < -0.3 is 0 Å². The van der Waals surface area contributed by atoms with E-state index in [1.54, 1.807) is 11.1 Å². The molecule has 0 spiro atoms. The predicted octanol–water partition coefficient (Wildman–Crippen LogP) is 1.81. The average Bonchev–Trinajstić information content (AvgIpc) is 2.23. The molecule has 3 aliphatic rings. The zero-order chi connectivity index (χ0) is 5.14. The molecule has 0 radical (unpaired) electrons. The molecule has 1 saturated carbocycles. The van der Waals surface area contributed by atoms with Crippen LogP contribution in [0.5, 0.6) is 0 Å². The lowest BCUT2D eigenvalue weighted by molar-refractivity contribution is 0.662. The molecule has 38 valence electrons. The fraction of sp³-hybridized carbons (Fsp3) is 0.250. The van der Waals surface area contributed by atoms with Crippen LogP contribution in [0.25, 0.3) is 0 Å². The number of fused-ring (bicyclic) bond motifs is 1. The summed E-state index contributed by atoms with van der Waals surface area (Å²) < 4.78 is 0. The summed E-state index contributed by atoms with van der Waals surface area (Å²) in [6, 6.07) is 0. The molecule has 0 heterocycles. The molecular weight excluding hydrogens is 96.1 g/mol. The van der Waals surface area contributed by atoms with Crippen molar-refractivity contribution >= 4 is 0 Å². The Morgan fingerprint density at radius 2 is 2.38 bits per heavy atom. The van der Waals surface area contributed by atoms with Crippen LogP contribution >= 0.6 is 0 Å². The van der Waals surface area contributed by atoms with Gasteiger partial charge in [0.05, 0.1) is 0 Å². The van der Waals surface area contributed by atoms with Gasteiger partial charge >= 0.3 is 0 Å². The third-order valence-electron chi connectivity index (χ3n) is 2.27. The Morgan fingerprint density at radius 1 is 1.38 bits per heavy atom. The van der Waals surface area contributed by atoms with Gasteiger partial charge in [0, 0.05) is 5.92 Å². The third-order valence-corrected chi connectivity index (χ3v) is 2.27. The topological polar surface area (TPSA) is 0 Å². The van der Waals surface area contributed by atoms with Crippen molar-refractivity contribution in [2.75, 3.05) is 0 Å². The van der Waals surface area contributed by atoms with Crippen LogP contribution in [-0.4, -0.2) is 0 Å². The average molecular weight is 102 g/mol. The zero-order valence-corrected chi connectivity index (χ0v) is 4.52. The van der Waals surface area contributed by atoms with E-state index in [0.29, 0.717) is 0 Å². The Morgan fingerprint density at radius 3 is 2.62 bits per heavy atom. The van der Waals surface area contributed by atoms with Crippen LogP contribution in [0.2, 0.25) is 0 Å². The zero-order valence-electron chi connectivity index (χ0n) is 4.52. The first-order chi connectivity index (χ1) is 3.93. The highest BCUT2D eigenvalue weighted by Crippen LogP contribution is 2.51. The lowest BCUT2D eigenvalue weighted by Crippen LogP contribution is -2.14. The lowest BCUT2D eigenvalue weighted by atomic mass is 9.76. The maximum Gasteiger partial charge on any atom is 0.00704 e. The normalized spacial score (nSPS) is 36.0. The van der Waals surface area contributed by atoms with Crippen molar-refractivity contribution < 1.29 is 0 Å². The second kappa shape index (κ2) is 0.732. The molecule has 0 amide bonds. The molecule has 0 N–H and O–H groups in total. The number of hydrogen-bond acceptors (Lipinski definition) is 0. The summed E-state index contributed by atoms with van der Waals surface area (Å²) >= 11 is 0. The fourth-order valence-corrected chi connectivity index (χ4v) is 1.81. The van der Waals surface area contributed by atoms with E-state index in [4.69, 9.17) is 0 Å². The maximum atomic E-state index is 2.36. The SMILES string of the molecule is C1=C2C=C3CC1C3=C2. The Kier molecular flexibility index (Phi) is 0.301. The van der Waals surface area contributed by atoms with E-state index < -0.39 is 0 Å². The van der Waals surface area contributed by atoms with Crippen LogP contribution in [0.4, 0.5) is 0 Å². The number of hydrogen-bond donors (Lipinski definition) is 0. The summed E-state index contributed by atoms with van der Waals surface area (Å²) in [6.07, 6.45) is 8.30. The van der Waals surface area contributed by atoms with Crippen molar-refractivity contribution in [1.82, 2.24) is 0 Å². The molecule has 0 aromatic carbocycles. The Balaban J connectivity index is 2.45. The van der Waals surface area contributed by atoms with Gasteiger partial charge in [-0.2, -0.15) is 0 Å². The van der Waals surface area contributed by atoms with Crippen LogP contribution in [0.3, 0.4) is 0 Å². The van der Waals surface area contributed by atoms with Gasteiger partial charge in [0.2, 0.25) is 0 Å². The lowest BCUT2D eigenvalue weighted by Gasteiger charge is -2.28. The standard InChI is InChI=1S/C8H6/c1-5-2-7-4-6(1)8(7)3-5/h1-3,6H,4H2. The number of rotatable bonds is 0. The molecule has 0 nitrogen and oxygen atoms in total. The van der Waals surface area contributed by atoms with Gasteiger partial charge in [-0.05, 0) is 23.1 Å². The van der Waals surface area contributed by atoms with Crippen LogP contribution in [0.1, 0.15) is 6.42 Å².